The van der Waals surface area contributed by atoms with Crippen LogP contribution in [0.2, 0.25) is 0 Å². The summed E-state index contributed by atoms with van der Waals surface area (Å²) >= 11 is 0. The zero-order chi connectivity index (χ0) is 18.6. The molecule has 6 atom stereocenters. The van der Waals surface area contributed by atoms with E-state index in [-0.39, 0.29) is 5.41 Å². The van der Waals surface area contributed by atoms with Crippen LogP contribution in [0, 0.1) is 11.8 Å². The summed E-state index contributed by atoms with van der Waals surface area (Å²) in [6.45, 7) is 4.26. The lowest BCUT2D eigenvalue weighted by Gasteiger charge is -2.59. The molecule has 148 valence electrons. The van der Waals surface area contributed by atoms with E-state index in [2.05, 4.69) is 28.0 Å². The highest BCUT2D eigenvalue weighted by Gasteiger charge is 2.69. The van der Waals surface area contributed by atoms with Crippen molar-refractivity contribution < 1.29 is 14.2 Å². The number of anilines is 1. The van der Waals surface area contributed by atoms with Crippen LogP contribution in [0.1, 0.15) is 24.8 Å². The van der Waals surface area contributed by atoms with Gasteiger partial charge in [0.15, 0.2) is 11.5 Å². The van der Waals surface area contributed by atoms with Gasteiger partial charge in [0.1, 0.15) is 0 Å². The highest BCUT2D eigenvalue weighted by atomic mass is 16.5. The maximum Gasteiger partial charge on any atom is 0.162 e. The van der Waals surface area contributed by atoms with Gasteiger partial charge in [-0.05, 0) is 43.4 Å². The second-order valence-electron chi connectivity index (χ2n) is 9.50. The lowest BCUT2D eigenvalue weighted by molar-refractivity contribution is -0.0566. The van der Waals surface area contributed by atoms with Crippen LogP contribution in [0.3, 0.4) is 0 Å². The Hall–Kier alpha value is -1.72. The molecule has 5 heterocycles. The Balaban J connectivity index is 1.50. The summed E-state index contributed by atoms with van der Waals surface area (Å²) in [6, 6.07) is 5.76. The Labute approximate surface area is 166 Å². The molecule has 4 fully saturated rings. The standard InChI is InChI=1S/C23H28N2O3/c1-26-18-10-15-16(11-19(18)27-2)25-6-3-17-21-14-9-20-23(15,22(21)25)5-7-24(20)12-13(14)4-8-28-17/h4,10-11,14,17,20-22H,3,5-9,12H2,1-2H3/t14-,17+,20-,21+,22+,23-/m0/s1. The fourth-order valence-electron chi connectivity index (χ4n) is 8.04. The molecule has 1 aliphatic carbocycles. The number of hydrogen-bond donors (Lipinski definition) is 0. The number of hydrogen-bond acceptors (Lipinski definition) is 5. The lowest BCUT2D eigenvalue weighted by Crippen LogP contribution is -2.68. The molecule has 1 aromatic rings. The lowest BCUT2D eigenvalue weighted by atomic mass is 9.53. The molecule has 5 aliphatic heterocycles. The molecule has 1 saturated carbocycles. The Morgan fingerprint density at radius 3 is 2.86 bits per heavy atom. The van der Waals surface area contributed by atoms with Crippen molar-refractivity contribution in [2.24, 2.45) is 11.8 Å². The van der Waals surface area contributed by atoms with Gasteiger partial charge in [-0.2, -0.15) is 0 Å². The molecule has 0 N–H and O–H groups in total. The van der Waals surface area contributed by atoms with Gasteiger partial charge in [-0.25, -0.2) is 0 Å². The molecule has 1 aromatic carbocycles. The number of benzene rings is 1. The van der Waals surface area contributed by atoms with E-state index in [1.807, 2.05) is 0 Å². The van der Waals surface area contributed by atoms with Gasteiger partial charge in [-0.15, -0.1) is 0 Å². The monoisotopic (exact) mass is 380 g/mol. The molecule has 0 amide bonds. The summed E-state index contributed by atoms with van der Waals surface area (Å²) < 4.78 is 17.9. The van der Waals surface area contributed by atoms with Crippen molar-refractivity contribution in [1.82, 2.24) is 4.90 Å². The number of ether oxygens (including phenoxy) is 3. The largest absolute Gasteiger partial charge is 0.493 e. The van der Waals surface area contributed by atoms with E-state index in [0.717, 1.165) is 37.6 Å². The zero-order valence-electron chi connectivity index (χ0n) is 16.7. The van der Waals surface area contributed by atoms with Crippen molar-refractivity contribution in [2.75, 3.05) is 45.4 Å². The zero-order valence-corrected chi connectivity index (χ0v) is 16.7. The minimum absolute atomic E-state index is 0.216. The van der Waals surface area contributed by atoms with Crippen LogP contribution in [-0.2, 0) is 10.2 Å². The number of methoxy groups -OCH3 is 2. The third-order valence-electron chi connectivity index (χ3n) is 8.93. The quantitative estimate of drug-likeness (QED) is 0.737. The molecule has 28 heavy (non-hydrogen) atoms. The van der Waals surface area contributed by atoms with Crippen molar-refractivity contribution in [3.63, 3.8) is 0 Å². The minimum atomic E-state index is 0.216. The molecular formula is C23H28N2O3. The number of fused-ring (bicyclic) bond motifs is 2. The van der Waals surface area contributed by atoms with Crippen molar-refractivity contribution in [1.29, 1.82) is 0 Å². The Bertz CT molecular complexity index is 898. The van der Waals surface area contributed by atoms with Crippen molar-refractivity contribution >= 4 is 5.69 Å². The Morgan fingerprint density at radius 2 is 2.00 bits per heavy atom. The summed E-state index contributed by atoms with van der Waals surface area (Å²) in [5.41, 5.74) is 4.78. The number of nitrogens with zero attached hydrogens (tertiary/aromatic N) is 2. The molecule has 5 nitrogen and oxygen atoms in total. The van der Waals surface area contributed by atoms with Gasteiger partial charge in [0, 0.05) is 48.3 Å². The molecule has 0 aromatic heterocycles. The first-order valence-corrected chi connectivity index (χ1v) is 10.8. The van der Waals surface area contributed by atoms with E-state index in [1.165, 1.54) is 30.6 Å². The van der Waals surface area contributed by atoms with Crippen molar-refractivity contribution in [2.45, 2.75) is 42.9 Å². The Kier molecular flexibility index (Phi) is 3.02. The van der Waals surface area contributed by atoms with Gasteiger partial charge >= 0.3 is 0 Å². The van der Waals surface area contributed by atoms with Crippen LogP contribution < -0.4 is 14.4 Å². The van der Waals surface area contributed by atoms with Crippen LogP contribution in [0.25, 0.3) is 0 Å². The van der Waals surface area contributed by atoms with Crippen LogP contribution >= 0.6 is 0 Å². The van der Waals surface area contributed by atoms with Crippen molar-refractivity contribution in [3.8, 4) is 11.5 Å². The fourth-order valence-corrected chi connectivity index (χ4v) is 8.04. The third-order valence-corrected chi connectivity index (χ3v) is 8.93. The van der Waals surface area contributed by atoms with E-state index in [4.69, 9.17) is 14.2 Å². The van der Waals surface area contributed by atoms with Crippen LogP contribution in [0.5, 0.6) is 11.5 Å². The average Bonchev–Trinajstić information content (AvgIpc) is 3.18. The summed E-state index contributed by atoms with van der Waals surface area (Å²) in [7, 11) is 3.51. The fraction of sp³-hybridized carbons (Fsp3) is 0.652. The minimum Gasteiger partial charge on any atom is -0.493 e. The van der Waals surface area contributed by atoms with Gasteiger partial charge in [-0.3, -0.25) is 4.90 Å². The SMILES string of the molecule is COc1cc2c(cc1OC)[C@]13CCN4CC5=CCO[C@@H]6CCN2[C@@H]1[C@@H]6[C@H]5C[C@H]43. The molecule has 7 rings (SSSR count). The smallest absolute Gasteiger partial charge is 0.162 e. The number of rotatable bonds is 2. The van der Waals surface area contributed by atoms with Gasteiger partial charge in [0.05, 0.1) is 26.9 Å². The first-order chi connectivity index (χ1) is 13.8. The molecule has 6 aliphatic rings. The first kappa shape index (κ1) is 16.1. The van der Waals surface area contributed by atoms with E-state index in [0.29, 0.717) is 30.0 Å². The van der Waals surface area contributed by atoms with Gasteiger partial charge in [0.25, 0.3) is 0 Å². The van der Waals surface area contributed by atoms with Crippen molar-refractivity contribution in [3.05, 3.63) is 29.3 Å². The van der Waals surface area contributed by atoms with Crippen LogP contribution in [-0.4, -0.2) is 63.5 Å². The molecule has 0 unspecified atom stereocenters. The predicted molar refractivity (Wildman–Crippen MR) is 106 cm³/mol. The second-order valence-corrected chi connectivity index (χ2v) is 9.50. The Morgan fingerprint density at radius 1 is 1.14 bits per heavy atom. The van der Waals surface area contributed by atoms with Gasteiger partial charge in [0.2, 0.25) is 0 Å². The highest BCUT2D eigenvalue weighted by molar-refractivity contribution is 5.72. The van der Waals surface area contributed by atoms with Gasteiger partial charge in [-0.1, -0.05) is 11.6 Å². The highest BCUT2D eigenvalue weighted by Crippen LogP contribution is 2.66. The molecule has 5 heteroatoms. The topological polar surface area (TPSA) is 34.2 Å². The van der Waals surface area contributed by atoms with E-state index in [1.54, 1.807) is 19.8 Å². The summed E-state index contributed by atoms with van der Waals surface area (Å²) in [5.74, 6) is 3.05. The second kappa shape index (κ2) is 5.25. The average molecular weight is 380 g/mol. The maximum atomic E-state index is 6.44. The van der Waals surface area contributed by atoms with E-state index < -0.39 is 0 Å². The number of piperidine rings is 2. The predicted octanol–water partition coefficient (Wildman–Crippen LogP) is 2.58. The van der Waals surface area contributed by atoms with Crippen LogP contribution in [0.15, 0.2) is 23.8 Å². The van der Waals surface area contributed by atoms with Gasteiger partial charge < -0.3 is 19.1 Å². The maximum absolute atomic E-state index is 6.44. The molecular weight excluding hydrogens is 352 g/mol. The van der Waals surface area contributed by atoms with E-state index in [9.17, 15) is 0 Å². The third kappa shape index (κ3) is 1.65. The summed E-state index contributed by atoms with van der Waals surface area (Å²) in [5, 5.41) is 0. The first-order valence-electron chi connectivity index (χ1n) is 10.8. The normalized spacial score (nSPS) is 42.0. The molecule has 1 spiro atoms. The molecule has 3 saturated heterocycles. The van der Waals surface area contributed by atoms with Crippen LogP contribution in [0.4, 0.5) is 5.69 Å². The molecule has 0 radical (unpaired) electrons. The summed E-state index contributed by atoms with van der Waals surface area (Å²) in [4.78, 5) is 5.51. The van der Waals surface area contributed by atoms with E-state index >= 15 is 0 Å². The summed E-state index contributed by atoms with van der Waals surface area (Å²) in [6.07, 6.45) is 6.52. The molecule has 2 bridgehead atoms.